The molecule has 96 valence electrons. The molecule has 2 heterocycles. The minimum atomic E-state index is -0.175. The molecule has 1 N–H and O–H groups in total. The molecule has 2 bridgehead atoms. The second-order valence-electron chi connectivity index (χ2n) is 5.24. The van der Waals surface area contributed by atoms with Gasteiger partial charge in [0.15, 0.2) is 6.29 Å². The molecule has 3 nitrogen and oxygen atoms in total. The third-order valence-corrected chi connectivity index (χ3v) is 4.60. The number of halogens is 1. The molecule has 0 aromatic heterocycles. The number of aliphatic hydroxyl groups excluding tert-OH is 1. The summed E-state index contributed by atoms with van der Waals surface area (Å²) in [5.41, 5.74) is 1.75. The third-order valence-electron chi connectivity index (χ3n) is 4.11. The summed E-state index contributed by atoms with van der Waals surface area (Å²) in [6.45, 7) is 0. The van der Waals surface area contributed by atoms with Crippen molar-refractivity contribution >= 4 is 27.9 Å². The second kappa shape index (κ2) is 4.67. The lowest BCUT2D eigenvalue weighted by atomic mass is 9.98. The second-order valence-corrected chi connectivity index (χ2v) is 6.15. The van der Waals surface area contributed by atoms with Crippen molar-refractivity contribution in [3.05, 3.63) is 28.2 Å². The zero-order valence-corrected chi connectivity index (χ0v) is 11.6. The van der Waals surface area contributed by atoms with Crippen LogP contribution in [0, 0.1) is 0 Å². The Hall–Kier alpha value is -0.870. The summed E-state index contributed by atoms with van der Waals surface area (Å²) in [5.74, 6) is 0. The third kappa shape index (κ3) is 1.97. The summed E-state index contributed by atoms with van der Waals surface area (Å²) in [4.78, 5) is 13.5. The van der Waals surface area contributed by atoms with Crippen molar-refractivity contribution in [2.45, 2.75) is 43.9 Å². The van der Waals surface area contributed by atoms with Gasteiger partial charge in [-0.2, -0.15) is 0 Å². The molecule has 0 aliphatic carbocycles. The standard InChI is InChI=1S/C14H16BrNO2/c15-10-2-1-9(8-17)14(5-10)16-11-3-4-12(16)7-13(18)6-11/h1-2,5,8,11-13,18H,3-4,6-7H2. The summed E-state index contributed by atoms with van der Waals surface area (Å²) < 4.78 is 0.994. The van der Waals surface area contributed by atoms with Crippen molar-refractivity contribution in [3.63, 3.8) is 0 Å². The van der Waals surface area contributed by atoms with Crippen molar-refractivity contribution in [1.82, 2.24) is 0 Å². The lowest BCUT2D eigenvalue weighted by molar-refractivity contribution is 0.112. The van der Waals surface area contributed by atoms with Crippen molar-refractivity contribution in [1.29, 1.82) is 0 Å². The zero-order chi connectivity index (χ0) is 12.7. The normalized spacial score (nSPS) is 30.6. The van der Waals surface area contributed by atoms with Crippen LogP contribution in [0.5, 0.6) is 0 Å². The molecule has 2 unspecified atom stereocenters. The molecule has 2 fully saturated rings. The molecule has 0 saturated carbocycles. The summed E-state index contributed by atoms with van der Waals surface area (Å²) >= 11 is 3.47. The number of nitrogens with zero attached hydrogens (tertiary/aromatic N) is 1. The molecule has 0 amide bonds. The number of carbonyl (C=O) groups is 1. The van der Waals surface area contributed by atoms with Crippen molar-refractivity contribution in [3.8, 4) is 0 Å². The number of aliphatic hydroxyl groups is 1. The molecule has 2 saturated heterocycles. The number of piperidine rings is 1. The summed E-state index contributed by atoms with van der Waals surface area (Å²) in [5, 5.41) is 9.83. The van der Waals surface area contributed by atoms with Crippen molar-refractivity contribution < 1.29 is 9.90 Å². The first kappa shape index (κ1) is 12.2. The Bertz CT molecular complexity index is 463. The highest BCUT2D eigenvalue weighted by Crippen LogP contribution is 2.41. The van der Waals surface area contributed by atoms with E-state index in [2.05, 4.69) is 20.8 Å². The van der Waals surface area contributed by atoms with Gasteiger partial charge in [0, 0.05) is 27.8 Å². The van der Waals surface area contributed by atoms with E-state index >= 15 is 0 Å². The molecule has 0 radical (unpaired) electrons. The van der Waals surface area contributed by atoms with Gasteiger partial charge < -0.3 is 10.0 Å². The minimum Gasteiger partial charge on any atom is -0.393 e. The monoisotopic (exact) mass is 309 g/mol. The average molecular weight is 310 g/mol. The van der Waals surface area contributed by atoms with Crippen LogP contribution < -0.4 is 4.90 Å². The van der Waals surface area contributed by atoms with E-state index < -0.39 is 0 Å². The maximum atomic E-state index is 11.2. The minimum absolute atomic E-state index is 0.175. The highest BCUT2D eigenvalue weighted by molar-refractivity contribution is 9.10. The summed E-state index contributed by atoms with van der Waals surface area (Å²) in [6.07, 6.45) is 4.62. The first-order valence-electron chi connectivity index (χ1n) is 6.40. The molecule has 1 aromatic rings. The SMILES string of the molecule is O=Cc1ccc(Br)cc1N1C2CCC1CC(O)C2. The van der Waals surface area contributed by atoms with Gasteiger partial charge in [0.25, 0.3) is 0 Å². The molecule has 0 spiro atoms. The number of anilines is 1. The molecule has 2 atom stereocenters. The van der Waals surface area contributed by atoms with Crippen LogP contribution in [0.1, 0.15) is 36.0 Å². The Balaban J connectivity index is 2.00. The largest absolute Gasteiger partial charge is 0.393 e. The Morgan fingerprint density at radius 1 is 1.28 bits per heavy atom. The lowest BCUT2D eigenvalue weighted by Crippen LogP contribution is -2.45. The first-order valence-corrected chi connectivity index (χ1v) is 7.19. The zero-order valence-electron chi connectivity index (χ0n) is 10.1. The number of aldehydes is 1. The number of rotatable bonds is 2. The number of hydrogen-bond donors (Lipinski definition) is 1. The van der Waals surface area contributed by atoms with Crippen LogP contribution in [-0.4, -0.2) is 29.6 Å². The van der Waals surface area contributed by atoms with Gasteiger partial charge >= 0.3 is 0 Å². The van der Waals surface area contributed by atoms with E-state index in [1.54, 1.807) is 0 Å². The van der Waals surface area contributed by atoms with Gasteiger partial charge in [0.05, 0.1) is 6.10 Å². The van der Waals surface area contributed by atoms with E-state index in [9.17, 15) is 9.90 Å². The fourth-order valence-corrected chi connectivity index (χ4v) is 3.73. The Morgan fingerprint density at radius 2 is 1.94 bits per heavy atom. The van der Waals surface area contributed by atoms with Crippen molar-refractivity contribution in [2.75, 3.05) is 4.90 Å². The van der Waals surface area contributed by atoms with Gasteiger partial charge in [0.2, 0.25) is 0 Å². The number of hydrogen-bond acceptors (Lipinski definition) is 3. The Kier molecular flexibility index (Phi) is 3.16. The molecule has 1 aromatic carbocycles. The summed E-state index contributed by atoms with van der Waals surface area (Å²) in [7, 11) is 0. The van der Waals surface area contributed by atoms with Gasteiger partial charge in [0.1, 0.15) is 0 Å². The molecule has 3 rings (SSSR count). The predicted octanol–water partition coefficient (Wildman–Crippen LogP) is 2.75. The fraction of sp³-hybridized carbons (Fsp3) is 0.500. The van der Waals surface area contributed by atoms with Crippen LogP contribution in [0.15, 0.2) is 22.7 Å². The molecule has 4 heteroatoms. The number of fused-ring (bicyclic) bond motifs is 2. The van der Waals surface area contributed by atoms with Crippen LogP contribution >= 0.6 is 15.9 Å². The van der Waals surface area contributed by atoms with Gasteiger partial charge in [-0.05, 0) is 43.9 Å². The Morgan fingerprint density at radius 3 is 2.56 bits per heavy atom. The molecular weight excluding hydrogens is 294 g/mol. The molecule has 18 heavy (non-hydrogen) atoms. The predicted molar refractivity (Wildman–Crippen MR) is 74.1 cm³/mol. The molecule has 2 aliphatic heterocycles. The van der Waals surface area contributed by atoms with E-state index in [0.717, 1.165) is 47.7 Å². The van der Waals surface area contributed by atoms with Crippen LogP contribution in [-0.2, 0) is 0 Å². The Labute approximate surface area is 115 Å². The van der Waals surface area contributed by atoms with Crippen LogP contribution in [0.2, 0.25) is 0 Å². The van der Waals surface area contributed by atoms with E-state index in [4.69, 9.17) is 0 Å². The van der Waals surface area contributed by atoms with Crippen LogP contribution in [0.4, 0.5) is 5.69 Å². The maximum absolute atomic E-state index is 11.2. The van der Waals surface area contributed by atoms with Gasteiger partial charge in [-0.15, -0.1) is 0 Å². The van der Waals surface area contributed by atoms with Crippen LogP contribution in [0.3, 0.4) is 0 Å². The number of benzene rings is 1. The maximum Gasteiger partial charge on any atom is 0.152 e. The quantitative estimate of drug-likeness (QED) is 0.854. The molecule has 2 aliphatic rings. The summed E-state index contributed by atoms with van der Waals surface area (Å²) in [6, 6.07) is 6.54. The van der Waals surface area contributed by atoms with Gasteiger partial charge in [-0.1, -0.05) is 15.9 Å². The topological polar surface area (TPSA) is 40.5 Å². The highest BCUT2D eigenvalue weighted by Gasteiger charge is 2.40. The van der Waals surface area contributed by atoms with E-state index in [1.807, 2.05) is 18.2 Å². The smallest absolute Gasteiger partial charge is 0.152 e. The van der Waals surface area contributed by atoms with E-state index in [0.29, 0.717) is 12.1 Å². The number of carbonyl (C=O) groups excluding carboxylic acids is 1. The van der Waals surface area contributed by atoms with E-state index in [-0.39, 0.29) is 6.10 Å². The average Bonchev–Trinajstić information content (AvgIpc) is 2.61. The van der Waals surface area contributed by atoms with E-state index in [1.165, 1.54) is 0 Å². The van der Waals surface area contributed by atoms with Crippen LogP contribution in [0.25, 0.3) is 0 Å². The molecular formula is C14H16BrNO2. The van der Waals surface area contributed by atoms with Gasteiger partial charge in [-0.3, -0.25) is 4.79 Å². The van der Waals surface area contributed by atoms with Crippen molar-refractivity contribution in [2.24, 2.45) is 0 Å². The fourth-order valence-electron chi connectivity index (χ4n) is 3.38. The highest BCUT2D eigenvalue weighted by atomic mass is 79.9. The first-order chi connectivity index (χ1) is 8.69. The lowest BCUT2D eigenvalue weighted by Gasteiger charge is -2.39. The van der Waals surface area contributed by atoms with Gasteiger partial charge in [-0.25, -0.2) is 0 Å².